The molecule has 0 bridgehead atoms. The second-order valence-corrected chi connectivity index (χ2v) is 6.92. The molecule has 3 aromatic rings. The van der Waals surface area contributed by atoms with Crippen molar-refractivity contribution in [3.8, 4) is 11.1 Å². The zero-order valence-electron chi connectivity index (χ0n) is 16.0. The van der Waals surface area contributed by atoms with E-state index in [1.54, 1.807) is 24.3 Å². The largest absolute Gasteiger partial charge is 0.480 e. The number of hydrogen-bond donors (Lipinski definition) is 3. The lowest BCUT2D eigenvalue weighted by atomic mass is 10.0. The van der Waals surface area contributed by atoms with Crippen molar-refractivity contribution in [1.82, 2.24) is 5.32 Å². The minimum absolute atomic E-state index is 0.154. The van der Waals surface area contributed by atoms with Gasteiger partial charge in [0.05, 0.1) is 0 Å². The Morgan fingerprint density at radius 1 is 0.862 bits per heavy atom. The van der Waals surface area contributed by atoms with E-state index in [2.05, 4.69) is 35.6 Å². The van der Waals surface area contributed by atoms with Gasteiger partial charge in [0.1, 0.15) is 6.04 Å². The summed E-state index contributed by atoms with van der Waals surface area (Å²) in [7, 11) is 0. The molecule has 5 heteroatoms. The van der Waals surface area contributed by atoms with Crippen LogP contribution in [0.4, 0.5) is 0 Å². The zero-order chi connectivity index (χ0) is 20.6. The third-order valence-corrected chi connectivity index (χ3v) is 4.72. The molecule has 1 atom stereocenters. The minimum Gasteiger partial charge on any atom is -0.480 e. The Bertz CT molecular complexity index is 969. The molecule has 0 fully saturated rings. The van der Waals surface area contributed by atoms with Crippen molar-refractivity contribution in [2.24, 2.45) is 5.73 Å². The van der Waals surface area contributed by atoms with E-state index in [1.807, 2.05) is 24.3 Å². The molecule has 0 aromatic heterocycles. The summed E-state index contributed by atoms with van der Waals surface area (Å²) in [4.78, 5) is 23.2. The molecule has 0 spiro atoms. The molecule has 0 saturated carbocycles. The zero-order valence-corrected chi connectivity index (χ0v) is 16.0. The molecule has 0 saturated heterocycles. The van der Waals surface area contributed by atoms with Crippen molar-refractivity contribution < 1.29 is 14.7 Å². The molecule has 0 radical (unpaired) electrons. The lowest BCUT2D eigenvalue weighted by Gasteiger charge is -2.09. The predicted octanol–water partition coefficient (Wildman–Crippen LogP) is 3.28. The maximum atomic E-state index is 12.3. The molecule has 4 N–H and O–H groups in total. The number of rotatable bonds is 8. The number of aliphatic carboxylic acids is 1. The van der Waals surface area contributed by atoms with Gasteiger partial charge in [-0.1, -0.05) is 66.7 Å². The maximum absolute atomic E-state index is 12.3. The van der Waals surface area contributed by atoms with Crippen molar-refractivity contribution in [2.75, 3.05) is 6.54 Å². The summed E-state index contributed by atoms with van der Waals surface area (Å²) >= 11 is 0. The summed E-state index contributed by atoms with van der Waals surface area (Å²) < 4.78 is 0. The maximum Gasteiger partial charge on any atom is 0.320 e. The average molecular weight is 388 g/mol. The molecule has 0 aliphatic heterocycles. The molecule has 29 heavy (non-hydrogen) atoms. The van der Waals surface area contributed by atoms with Gasteiger partial charge in [-0.2, -0.15) is 0 Å². The third kappa shape index (κ3) is 5.77. The van der Waals surface area contributed by atoms with E-state index in [4.69, 9.17) is 10.8 Å². The fourth-order valence-corrected chi connectivity index (χ4v) is 3.09. The van der Waals surface area contributed by atoms with Crippen LogP contribution in [0.15, 0.2) is 78.9 Å². The Morgan fingerprint density at radius 3 is 2.24 bits per heavy atom. The van der Waals surface area contributed by atoms with Crippen LogP contribution >= 0.6 is 0 Å². The van der Waals surface area contributed by atoms with Crippen molar-refractivity contribution in [2.45, 2.75) is 18.9 Å². The standard InChI is InChI=1S/C24H24N2O3/c25-22(24(28)29)16-18-9-11-20(12-10-18)23(27)26-14-13-17-5-4-8-21(15-17)19-6-2-1-3-7-19/h1-12,15,22H,13-14,16,25H2,(H,26,27)(H,28,29)/t22-/m0/s1. The molecule has 3 rings (SSSR count). The van der Waals surface area contributed by atoms with Gasteiger partial charge in [-0.05, 0) is 47.2 Å². The van der Waals surface area contributed by atoms with Gasteiger partial charge in [-0.15, -0.1) is 0 Å². The van der Waals surface area contributed by atoms with E-state index in [1.165, 1.54) is 5.56 Å². The summed E-state index contributed by atoms with van der Waals surface area (Å²) in [6, 6.07) is 24.4. The fraction of sp³-hybridized carbons (Fsp3) is 0.167. The van der Waals surface area contributed by atoms with Gasteiger partial charge in [-0.3, -0.25) is 9.59 Å². The van der Waals surface area contributed by atoms with Crippen LogP contribution in [0, 0.1) is 0 Å². The van der Waals surface area contributed by atoms with E-state index in [0.29, 0.717) is 12.1 Å². The number of benzene rings is 3. The van der Waals surface area contributed by atoms with Gasteiger partial charge in [0.25, 0.3) is 5.91 Å². The van der Waals surface area contributed by atoms with Crippen molar-refractivity contribution in [1.29, 1.82) is 0 Å². The molecule has 0 aliphatic carbocycles. The van der Waals surface area contributed by atoms with Gasteiger partial charge in [0.2, 0.25) is 0 Å². The highest BCUT2D eigenvalue weighted by Gasteiger charge is 2.12. The Labute approximate surface area is 170 Å². The first-order valence-corrected chi connectivity index (χ1v) is 9.53. The molecule has 1 amide bonds. The summed E-state index contributed by atoms with van der Waals surface area (Å²) in [5, 5.41) is 11.8. The second kappa shape index (κ2) is 9.66. The number of carbonyl (C=O) groups excluding carboxylic acids is 1. The van der Waals surface area contributed by atoms with Crippen LogP contribution in [-0.2, 0) is 17.6 Å². The van der Waals surface area contributed by atoms with Crippen LogP contribution in [0.3, 0.4) is 0 Å². The number of nitrogens with one attached hydrogen (secondary N) is 1. The Kier molecular flexibility index (Phi) is 6.76. The highest BCUT2D eigenvalue weighted by atomic mass is 16.4. The number of hydrogen-bond acceptors (Lipinski definition) is 3. The second-order valence-electron chi connectivity index (χ2n) is 6.92. The number of carboxylic acid groups (broad SMARTS) is 1. The summed E-state index contributed by atoms with van der Waals surface area (Å²) in [5.74, 6) is -1.19. The van der Waals surface area contributed by atoms with Crippen molar-refractivity contribution in [3.63, 3.8) is 0 Å². The molecule has 0 unspecified atom stereocenters. The highest BCUT2D eigenvalue weighted by Crippen LogP contribution is 2.20. The average Bonchev–Trinajstić information content (AvgIpc) is 2.75. The molecule has 0 aliphatic rings. The van der Waals surface area contributed by atoms with E-state index < -0.39 is 12.0 Å². The Hall–Kier alpha value is -3.44. The number of nitrogens with two attached hydrogens (primary N) is 1. The minimum atomic E-state index is -1.04. The molecular formula is C24H24N2O3. The van der Waals surface area contributed by atoms with Crippen LogP contribution in [0.25, 0.3) is 11.1 Å². The summed E-state index contributed by atoms with van der Waals surface area (Å²) in [6.45, 7) is 0.530. The SMILES string of the molecule is N[C@@H](Cc1ccc(C(=O)NCCc2cccc(-c3ccccc3)c2)cc1)C(=O)O. The van der Waals surface area contributed by atoms with Gasteiger partial charge in [0.15, 0.2) is 0 Å². The first-order valence-electron chi connectivity index (χ1n) is 9.53. The molecule has 5 nitrogen and oxygen atoms in total. The number of carboxylic acids is 1. The normalized spacial score (nSPS) is 11.6. The molecular weight excluding hydrogens is 364 g/mol. The van der Waals surface area contributed by atoms with E-state index >= 15 is 0 Å². The fourth-order valence-electron chi connectivity index (χ4n) is 3.09. The van der Waals surface area contributed by atoms with Crippen LogP contribution < -0.4 is 11.1 Å². The van der Waals surface area contributed by atoms with Crippen LogP contribution in [-0.4, -0.2) is 29.6 Å². The number of amides is 1. The van der Waals surface area contributed by atoms with Gasteiger partial charge in [0, 0.05) is 12.1 Å². The van der Waals surface area contributed by atoms with Gasteiger partial charge < -0.3 is 16.2 Å². The predicted molar refractivity (Wildman–Crippen MR) is 114 cm³/mol. The third-order valence-electron chi connectivity index (χ3n) is 4.72. The monoisotopic (exact) mass is 388 g/mol. The smallest absolute Gasteiger partial charge is 0.320 e. The lowest BCUT2D eigenvalue weighted by molar-refractivity contribution is -0.138. The molecule has 148 valence electrons. The first kappa shape index (κ1) is 20.3. The van der Waals surface area contributed by atoms with Crippen LogP contribution in [0.2, 0.25) is 0 Å². The van der Waals surface area contributed by atoms with Gasteiger partial charge in [-0.25, -0.2) is 0 Å². The summed E-state index contributed by atoms with van der Waals surface area (Å²) in [5.41, 5.74) is 10.3. The van der Waals surface area contributed by atoms with Crippen LogP contribution in [0.5, 0.6) is 0 Å². The molecule has 0 heterocycles. The van der Waals surface area contributed by atoms with Crippen molar-refractivity contribution in [3.05, 3.63) is 95.6 Å². The quantitative estimate of drug-likeness (QED) is 0.552. The van der Waals surface area contributed by atoms with E-state index in [9.17, 15) is 9.59 Å². The van der Waals surface area contributed by atoms with Gasteiger partial charge >= 0.3 is 5.97 Å². The Morgan fingerprint density at radius 2 is 1.55 bits per heavy atom. The van der Waals surface area contributed by atoms with E-state index in [0.717, 1.165) is 23.1 Å². The Balaban J connectivity index is 1.53. The van der Waals surface area contributed by atoms with Crippen molar-refractivity contribution >= 4 is 11.9 Å². The van der Waals surface area contributed by atoms with E-state index in [-0.39, 0.29) is 12.3 Å². The first-order chi connectivity index (χ1) is 14.0. The van der Waals surface area contributed by atoms with Crippen LogP contribution in [0.1, 0.15) is 21.5 Å². The highest BCUT2D eigenvalue weighted by molar-refractivity contribution is 5.94. The number of carbonyl (C=O) groups is 2. The topological polar surface area (TPSA) is 92.4 Å². The summed E-state index contributed by atoms with van der Waals surface area (Å²) in [6.07, 6.45) is 0.965. The molecule has 3 aromatic carbocycles. The lowest BCUT2D eigenvalue weighted by Crippen LogP contribution is -2.32.